The van der Waals surface area contributed by atoms with Gasteiger partial charge in [-0.25, -0.2) is 19.6 Å². The van der Waals surface area contributed by atoms with Gasteiger partial charge in [-0.3, -0.25) is 9.59 Å². The van der Waals surface area contributed by atoms with Crippen LogP contribution in [0.2, 0.25) is 0 Å². The lowest BCUT2D eigenvalue weighted by molar-refractivity contribution is -0.135. The molecule has 0 radical (unpaired) electrons. The summed E-state index contributed by atoms with van der Waals surface area (Å²) in [4.78, 5) is 78.8. The van der Waals surface area contributed by atoms with Crippen molar-refractivity contribution in [1.29, 1.82) is 0 Å². The van der Waals surface area contributed by atoms with Crippen LogP contribution >= 0.6 is 0 Å². The monoisotopic (exact) mass is 968 g/mol. The van der Waals surface area contributed by atoms with E-state index in [0.29, 0.717) is 87.7 Å². The first-order valence-corrected chi connectivity index (χ1v) is 25.2. The number of rotatable bonds is 10. The van der Waals surface area contributed by atoms with E-state index in [0.717, 1.165) is 59.3 Å². The summed E-state index contributed by atoms with van der Waals surface area (Å²) in [5.41, 5.74) is 6.63. The van der Waals surface area contributed by atoms with Crippen LogP contribution in [0.5, 0.6) is 0 Å². The number of piperidine rings is 2. The molecule has 0 saturated carbocycles. The fourth-order valence-corrected chi connectivity index (χ4v) is 10.3. The summed E-state index contributed by atoms with van der Waals surface area (Å²) in [7, 11) is 0. The van der Waals surface area contributed by atoms with Crippen LogP contribution in [0.3, 0.4) is 0 Å². The zero-order valence-electron chi connectivity index (χ0n) is 40.1. The maximum atomic E-state index is 14.3. The average molecular weight is 969 g/mol. The van der Waals surface area contributed by atoms with Crippen molar-refractivity contribution in [1.82, 2.24) is 50.2 Å². The number of imidazole rings is 2. The number of hydrogen-bond acceptors (Lipinski definition) is 8. The minimum atomic E-state index is -0.864. The van der Waals surface area contributed by atoms with Gasteiger partial charge in [-0.15, -0.1) is 0 Å². The largest absolute Gasteiger partial charge is 0.393 e. The highest BCUT2D eigenvalue weighted by Gasteiger charge is 2.39. The molecule has 4 aromatic carbocycles. The third kappa shape index (κ3) is 10.8. The van der Waals surface area contributed by atoms with E-state index in [4.69, 9.17) is 9.97 Å². The minimum absolute atomic E-state index is 0.184. The maximum absolute atomic E-state index is 14.3. The highest BCUT2D eigenvalue weighted by Crippen LogP contribution is 2.36. The van der Waals surface area contributed by atoms with Crippen LogP contribution in [0, 0.1) is 11.8 Å². The van der Waals surface area contributed by atoms with E-state index in [2.05, 4.69) is 32.4 Å². The van der Waals surface area contributed by atoms with Gasteiger partial charge in [-0.1, -0.05) is 96.8 Å². The van der Waals surface area contributed by atoms with E-state index in [1.807, 2.05) is 119 Å². The highest BCUT2D eigenvalue weighted by atomic mass is 16.3. The Labute approximate surface area is 418 Å². The second-order valence-electron chi connectivity index (χ2n) is 19.2. The lowest BCUT2D eigenvalue weighted by atomic mass is 10.0. The first-order chi connectivity index (χ1) is 35.1. The molecule has 16 heteroatoms. The number of likely N-dealkylation sites (tertiary alicyclic amines) is 4. The van der Waals surface area contributed by atoms with Gasteiger partial charge < -0.3 is 50.4 Å². The lowest BCUT2D eigenvalue weighted by Crippen LogP contribution is -2.50. The Morgan fingerprint density at radius 3 is 1.26 bits per heavy atom. The Bertz CT molecular complexity index is 2700. The Balaban J connectivity index is 0.765. The molecule has 16 nitrogen and oxygen atoms in total. The van der Waals surface area contributed by atoms with Gasteiger partial charge >= 0.3 is 12.1 Å². The SMILES string of the molecule is O=C(N[C@@H](C(=O)N1CCC[C@H]1c1ncc(-c2ccc(C#Cc3ccc(-c4cnc([C@@H]5CCCN5C(=O)[C@H](NC(=O)N5CCC(O)CC5)c5ccccc5)[nH]4)cc3)cc2)[nH]1)c1ccccc1)N1CCC(O)CC1. The van der Waals surface area contributed by atoms with Gasteiger partial charge in [-0.2, -0.15) is 0 Å². The van der Waals surface area contributed by atoms with E-state index in [9.17, 15) is 29.4 Å². The van der Waals surface area contributed by atoms with Crippen LogP contribution < -0.4 is 10.6 Å². The Morgan fingerprint density at radius 1 is 0.514 bits per heavy atom. The first-order valence-electron chi connectivity index (χ1n) is 25.2. The zero-order chi connectivity index (χ0) is 49.6. The second-order valence-corrected chi connectivity index (χ2v) is 19.2. The molecule has 0 aliphatic carbocycles. The zero-order valence-corrected chi connectivity index (χ0v) is 40.1. The molecule has 370 valence electrons. The van der Waals surface area contributed by atoms with E-state index in [1.165, 1.54) is 0 Å². The fraction of sp³-hybridized carbons (Fsp3) is 0.357. The predicted molar refractivity (Wildman–Crippen MR) is 270 cm³/mol. The number of aromatic amines is 2. The van der Waals surface area contributed by atoms with Crippen molar-refractivity contribution in [3.63, 3.8) is 0 Å². The number of H-pyrrole nitrogens is 2. The minimum Gasteiger partial charge on any atom is -0.393 e. The summed E-state index contributed by atoms with van der Waals surface area (Å²) >= 11 is 0. The summed E-state index contributed by atoms with van der Waals surface area (Å²) in [5, 5.41) is 25.9. The summed E-state index contributed by atoms with van der Waals surface area (Å²) in [5.74, 6) is 7.57. The van der Waals surface area contributed by atoms with Crippen LogP contribution in [0.25, 0.3) is 22.5 Å². The molecule has 6 heterocycles. The highest BCUT2D eigenvalue weighted by molar-refractivity contribution is 5.89. The number of nitrogens with zero attached hydrogens (tertiary/aromatic N) is 6. The molecule has 2 aromatic heterocycles. The van der Waals surface area contributed by atoms with Crippen LogP contribution in [0.4, 0.5) is 9.59 Å². The third-order valence-electron chi connectivity index (χ3n) is 14.4. The molecule has 6 aromatic rings. The van der Waals surface area contributed by atoms with Gasteiger partial charge in [-0.05, 0) is 97.9 Å². The summed E-state index contributed by atoms with van der Waals surface area (Å²) in [6, 6.07) is 31.6. The van der Waals surface area contributed by atoms with Crippen LogP contribution in [-0.2, 0) is 9.59 Å². The average Bonchev–Trinajstić information content (AvgIpc) is 4.28. The predicted octanol–water partition coefficient (Wildman–Crippen LogP) is 7.01. The van der Waals surface area contributed by atoms with Gasteiger partial charge in [0.2, 0.25) is 11.8 Å². The van der Waals surface area contributed by atoms with Crippen LogP contribution in [0.15, 0.2) is 122 Å². The molecule has 4 saturated heterocycles. The van der Waals surface area contributed by atoms with E-state index in [1.54, 1.807) is 22.2 Å². The number of benzene rings is 4. The number of carbonyl (C=O) groups is 4. The number of hydrogen-bond donors (Lipinski definition) is 6. The number of urea groups is 2. The molecule has 0 spiro atoms. The molecule has 0 bridgehead atoms. The molecule has 72 heavy (non-hydrogen) atoms. The molecule has 4 aliphatic heterocycles. The van der Waals surface area contributed by atoms with Crippen molar-refractivity contribution in [2.24, 2.45) is 0 Å². The Kier molecular flexibility index (Phi) is 14.5. The fourth-order valence-electron chi connectivity index (χ4n) is 10.3. The lowest BCUT2D eigenvalue weighted by Gasteiger charge is -2.33. The van der Waals surface area contributed by atoms with Crippen molar-refractivity contribution in [3.8, 4) is 34.4 Å². The van der Waals surface area contributed by atoms with Gasteiger partial charge in [0.25, 0.3) is 0 Å². The molecule has 4 atom stereocenters. The van der Waals surface area contributed by atoms with Gasteiger partial charge in [0.1, 0.15) is 23.7 Å². The smallest absolute Gasteiger partial charge is 0.318 e. The third-order valence-corrected chi connectivity index (χ3v) is 14.4. The second kappa shape index (κ2) is 21.7. The molecule has 4 fully saturated rings. The van der Waals surface area contributed by atoms with Crippen molar-refractivity contribution in [3.05, 3.63) is 155 Å². The molecule has 6 amide bonds. The number of aliphatic hydroxyl groups excluding tert-OH is 2. The van der Waals surface area contributed by atoms with Crippen molar-refractivity contribution in [2.75, 3.05) is 39.3 Å². The summed E-state index contributed by atoms with van der Waals surface area (Å²) < 4.78 is 0. The van der Waals surface area contributed by atoms with E-state index in [-0.39, 0.29) is 36.0 Å². The van der Waals surface area contributed by atoms with Crippen molar-refractivity contribution < 1.29 is 29.4 Å². The number of aromatic nitrogens is 4. The molecule has 4 aliphatic rings. The van der Waals surface area contributed by atoms with Gasteiger partial charge in [0, 0.05) is 50.4 Å². The Morgan fingerprint density at radius 2 is 0.889 bits per heavy atom. The topological polar surface area (TPSA) is 203 Å². The Hall–Kier alpha value is -7.74. The molecule has 6 N–H and O–H groups in total. The normalized spacial score (nSPS) is 19.4. The standard InChI is InChI=1S/C56H60N10O6/c67-43-25-31-63(32-26-43)55(71)61-49(41-9-3-1-4-10-41)53(69)65-29-7-13-47(65)51-57-35-45(59-51)39-21-17-37(18-22-39)15-16-38-19-23-40(24-20-38)46-36-58-52(60-46)48-14-8-30-66(48)54(70)50(42-11-5-2-6-12-42)62-56(72)64-33-27-44(68)28-34-64/h1-6,9-12,17-24,35-36,43-44,47-50,67-68H,7-8,13-14,25-34H2,(H,57,59)(H,58,60)(H,61,71)(H,62,72)/t47-,48-,49+,50+/m0/s1. The maximum Gasteiger partial charge on any atom is 0.318 e. The molecule has 10 rings (SSSR count). The molecule has 0 unspecified atom stereocenters. The van der Waals surface area contributed by atoms with Gasteiger partial charge in [0.05, 0.1) is 48.1 Å². The number of aliphatic hydroxyl groups is 2. The summed E-state index contributed by atoms with van der Waals surface area (Å²) in [6.07, 6.45) is 7.91. The van der Waals surface area contributed by atoms with Crippen LogP contribution in [0.1, 0.15) is 109 Å². The van der Waals surface area contributed by atoms with Crippen LogP contribution in [-0.4, -0.2) is 125 Å². The first kappa shape index (κ1) is 47.9. The number of carbonyl (C=O) groups excluding carboxylic acids is 4. The number of amides is 6. The van der Waals surface area contributed by atoms with Crippen molar-refractivity contribution in [2.45, 2.75) is 87.7 Å². The van der Waals surface area contributed by atoms with E-state index < -0.39 is 24.3 Å². The quantitative estimate of drug-likeness (QED) is 0.0787. The number of nitrogens with one attached hydrogen (secondary N) is 4. The molecular formula is C56H60N10O6. The van der Waals surface area contributed by atoms with E-state index >= 15 is 0 Å². The van der Waals surface area contributed by atoms with Crippen molar-refractivity contribution >= 4 is 23.9 Å². The molecular weight excluding hydrogens is 909 g/mol. The van der Waals surface area contributed by atoms with Gasteiger partial charge in [0.15, 0.2) is 0 Å². The summed E-state index contributed by atoms with van der Waals surface area (Å²) in [6.45, 7) is 2.84.